The molecule has 1 amide bonds. The van der Waals surface area contributed by atoms with E-state index in [9.17, 15) is 14.0 Å². The first-order chi connectivity index (χ1) is 14.0. The number of amides is 1. The molecule has 0 bridgehead atoms. The summed E-state index contributed by atoms with van der Waals surface area (Å²) in [6.07, 6.45) is 1.26. The normalized spacial score (nSPS) is 11.0. The minimum absolute atomic E-state index is 0.0492. The highest BCUT2D eigenvalue weighted by Crippen LogP contribution is 2.13. The lowest BCUT2D eigenvalue weighted by molar-refractivity contribution is -0.116. The van der Waals surface area contributed by atoms with Crippen LogP contribution in [0.25, 0.3) is 11.2 Å². The van der Waals surface area contributed by atoms with Crippen molar-refractivity contribution in [2.75, 3.05) is 5.32 Å². The highest BCUT2D eigenvalue weighted by Gasteiger charge is 2.14. The van der Waals surface area contributed by atoms with E-state index in [-0.39, 0.29) is 12.1 Å². The van der Waals surface area contributed by atoms with Crippen LogP contribution in [0.15, 0.2) is 59.7 Å². The number of rotatable bonds is 5. The fourth-order valence-corrected chi connectivity index (χ4v) is 3.05. The van der Waals surface area contributed by atoms with Gasteiger partial charge >= 0.3 is 0 Å². The van der Waals surface area contributed by atoms with Crippen LogP contribution in [-0.4, -0.2) is 30.5 Å². The van der Waals surface area contributed by atoms with Crippen molar-refractivity contribution in [3.8, 4) is 0 Å². The standard InChI is InChI=1S/C19H14ClFN6O2/c20-13-4-1-3-12(7-13)9-27-18-17(24-25-27)19(29)26(11-22-18)10-16(28)23-15-6-2-5-14(21)8-15/h1-8,11H,9-10H2,(H,23,28). The fourth-order valence-electron chi connectivity index (χ4n) is 2.84. The fraction of sp³-hybridized carbons (Fsp3) is 0.105. The van der Waals surface area contributed by atoms with E-state index in [0.29, 0.717) is 22.9 Å². The summed E-state index contributed by atoms with van der Waals surface area (Å²) < 4.78 is 15.8. The molecular formula is C19H14ClFN6O2. The number of carbonyl (C=O) groups is 1. The Kier molecular flexibility index (Phi) is 5.05. The Hall–Kier alpha value is -3.59. The second kappa shape index (κ2) is 7.80. The van der Waals surface area contributed by atoms with E-state index >= 15 is 0 Å². The molecule has 8 nitrogen and oxygen atoms in total. The van der Waals surface area contributed by atoms with E-state index in [2.05, 4.69) is 20.6 Å². The Morgan fingerprint density at radius 1 is 1.17 bits per heavy atom. The van der Waals surface area contributed by atoms with Gasteiger partial charge in [0.15, 0.2) is 11.2 Å². The molecule has 29 heavy (non-hydrogen) atoms. The molecule has 10 heteroatoms. The van der Waals surface area contributed by atoms with E-state index < -0.39 is 17.3 Å². The summed E-state index contributed by atoms with van der Waals surface area (Å²) in [5.74, 6) is -0.968. The third-order valence-electron chi connectivity index (χ3n) is 4.14. The molecule has 2 aromatic carbocycles. The van der Waals surface area contributed by atoms with Crippen LogP contribution in [0.2, 0.25) is 5.02 Å². The summed E-state index contributed by atoms with van der Waals surface area (Å²) in [7, 11) is 0. The minimum Gasteiger partial charge on any atom is -0.324 e. The first-order valence-corrected chi connectivity index (χ1v) is 8.96. The van der Waals surface area contributed by atoms with Gasteiger partial charge in [-0.1, -0.05) is 35.0 Å². The molecule has 0 atom stereocenters. The predicted molar refractivity (Wildman–Crippen MR) is 105 cm³/mol. The van der Waals surface area contributed by atoms with Gasteiger partial charge in [0.1, 0.15) is 18.7 Å². The maximum atomic E-state index is 13.2. The number of nitrogens with one attached hydrogen (secondary N) is 1. The average molecular weight is 413 g/mol. The van der Waals surface area contributed by atoms with E-state index in [4.69, 9.17) is 11.6 Å². The molecule has 0 unspecified atom stereocenters. The molecule has 0 saturated heterocycles. The molecule has 4 aromatic rings. The molecule has 0 spiro atoms. The van der Waals surface area contributed by atoms with Crippen molar-refractivity contribution in [1.29, 1.82) is 0 Å². The van der Waals surface area contributed by atoms with Crippen molar-refractivity contribution in [3.63, 3.8) is 0 Å². The molecule has 1 N–H and O–H groups in total. The predicted octanol–water partition coefficient (Wildman–Crippen LogP) is 2.47. The third kappa shape index (κ3) is 4.14. The Morgan fingerprint density at radius 3 is 2.79 bits per heavy atom. The smallest absolute Gasteiger partial charge is 0.283 e. The van der Waals surface area contributed by atoms with Gasteiger partial charge in [-0.15, -0.1) is 5.10 Å². The number of aromatic nitrogens is 5. The van der Waals surface area contributed by atoms with Crippen LogP contribution in [-0.2, 0) is 17.9 Å². The van der Waals surface area contributed by atoms with Crippen molar-refractivity contribution in [2.45, 2.75) is 13.1 Å². The van der Waals surface area contributed by atoms with Crippen LogP contribution in [0.3, 0.4) is 0 Å². The summed E-state index contributed by atoms with van der Waals surface area (Å²) in [6.45, 7) is 0.0486. The number of nitrogens with zero attached hydrogens (tertiary/aromatic N) is 5. The van der Waals surface area contributed by atoms with E-state index in [1.807, 2.05) is 12.1 Å². The summed E-state index contributed by atoms with van der Waals surface area (Å²) in [5, 5.41) is 11.0. The molecule has 2 heterocycles. The number of hydrogen-bond acceptors (Lipinski definition) is 5. The third-order valence-corrected chi connectivity index (χ3v) is 4.37. The number of halogens is 2. The first-order valence-electron chi connectivity index (χ1n) is 8.58. The molecule has 0 saturated carbocycles. The number of hydrogen-bond donors (Lipinski definition) is 1. The van der Waals surface area contributed by atoms with Crippen molar-refractivity contribution >= 4 is 34.4 Å². The Balaban J connectivity index is 1.55. The lowest BCUT2D eigenvalue weighted by Crippen LogP contribution is -2.28. The van der Waals surface area contributed by atoms with Gasteiger partial charge in [-0.05, 0) is 35.9 Å². The second-order valence-electron chi connectivity index (χ2n) is 6.29. The molecule has 0 aliphatic rings. The summed E-state index contributed by atoms with van der Waals surface area (Å²) in [6, 6.07) is 12.7. The molecule has 146 valence electrons. The van der Waals surface area contributed by atoms with Crippen molar-refractivity contribution in [2.24, 2.45) is 0 Å². The topological polar surface area (TPSA) is 94.7 Å². The van der Waals surface area contributed by atoms with Gasteiger partial charge in [0, 0.05) is 10.7 Å². The number of fused-ring (bicyclic) bond motifs is 1. The van der Waals surface area contributed by atoms with Crippen molar-refractivity contribution in [1.82, 2.24) is 24.5 Å². The molecular weight excluding hydrogens is 399 g/mol. The van der Waals surface area contributed by atoms with Crippen LogP contribution < -0.4 is 10.9 Å². The van der Waals surface area contributed by atoms with Crippen LogP contribution in [0, 0.1) is 5.82 Å². The van der Waals surface area contributed by atoms with E-state index in [1.165, 1.54) is 29.2 Å². The minimum atomic E-state index is -0.498. The molecule has 0 aliphatic carbocycles. The van der Waals surface area contributed by atoms with Crippen molar-refractivity contribution in [3.05, 3.63) is 81.6 Å². The monoisotopic (exact) mass is 412 g/mol. The van der Waals surface area contributed by atoms with E-state index in [0.717, 1.165) is 10.1 Å². The molecule has 0 aliphatic heterocycles. The molecule has 2 aromatic heterocycles. The zero-order valence-corrected chi connectivity index (χ0v) is 15.7. The van der Waals surface area contributed by atoms with E-state index in [1.54, 1.807) is 18.2 Å². The SMILES string of the molecule is O=C(Cn1cnc2c(nnn2Cc2cccc(Cl)c2)c1=O)Nc1cccc(F)c1. The van der Waals surface area contributed by atoms with Gasteiger partial charge in [0.25, 0.3) is 5.56 Å². The average Bonchev–Trinajstić information content (AvgIpc) is 3.07. The van der Waals surface area contributed by atoms with Crippen LogP contribution in [0.1, 0.15) is 5.56 Å². The highest BCUT2D eigenvalue weighted by molar-refractivity contribution is 6.30. The highest BCUT2D eigenvalue weighted by atomic mass is 35.5. The molecule has 0 radical (unpaired) electrons. The molecule has 0 fully saturated rings. The van der Waals surface area contributed by atoms with Gasteiger partial charge in [0.2, 0.25) is 5.91 Å². The van der Waals surface area contributed by atoms with Gasteiger partial charge in [-0.2, -0.15) is 0 Å². The van der Waals surface area contributed by atoms with Crippen molar-refractivity contribution < 1.29 is 9.18 Å². The van der Waals surface area contributed by atoms with Crippen LogP contribution in [0.5, 0.6) is 0 Å². The Morgan fingerprint density at radius 2 is 2.00 bits per heavy atom. The largest absolute Gasteiger partial charge is 0.324 e. The summed E-state index contributed by atoms with van der Waals surface area (Å²) in [4.78, 5) is 29.0. The maximum absolute atomic E-state index is 13.2. The number of benzene rings is 2. The van der Waals surface area contributed by atoms with Crippen LogP contribution in [0.4, 0.5) is 10.1 Å². The lowest BCUT2D eigenvalue weighted by atomic mass is 10.2. The zero-order valence-electron chi connectivity index (χ0n) is 14.9. The lowest BCUT2D eigenvalue weighted by Gasteiger charge is -2.07. The first kappa shape index (κ1) is 18.8. The Labute approximate surface area is 168 Å². The number of anilines is 1. The van der Waals surface area contributed by atoms with Gasteiger partial charge in [0.05, 0.1) is 6.54 Å². The van der Waals surface area contributed by atoms with Gasteiger partial charge < -0.3 is 5.32 Å². The summed E-state index contributed by atoms with van der Waals surface area (Å²) >= 11 is 5.99. The zero-order chi connectivity index (χ0) is 20.4. The quantitative estimate of drug-likeness (QED) is 0.543. The maximum Gasteiger partial charge on any atom is 0.283 e. The Bertz CT molecular complexity index is 1270. The molecule has 4 rings (SSSR count). The second-order valence-corrected chi connectivity index (χ2v) is 6.72. The van der Waals surface area contributed by atoms with Crippen LogP contribution >= 0.6 is 11.6 Å². The van der Waals surface area contributed by atoms with Gasteiger partial charge in [-0.3, -0.25) is 14.2 Å². The number of carbonyl (C=O) groups excluding carboxylic acids is 1. The van der Waals surface area contributed by atoms with Gasteiger partial charge in [-0.25, -0.2) is 14.1 Å². The summed E-state index contributed by atoms with van der Waals surface area (Å²) in [5.41, 5.74) is 1.03.